The number of nitrogens with zero attached hydrogens (tertiary/aromatic N) is 1. The summed E-state index contributed by atoms with van der Waals surface area (Å²) in [7, 11) is 1.68. The van der Waals surface area contributed by atoms with Gasteiger partial charge in [-0.05, 0) is 35.9 Å². The highest BCUT2D eigenvalue weighted by atomic mass is 16.5. The minimum Gasteiger partial charge on any atom is -0.497 e. The molecule has 1 aromatic carbocycles. The molecule has 0 saturated carbocycles. The second-order valence-electron chi connectivity index (χ2n) is 4.16. The van der Waals surface area contributed by atoms with Crippen molar-refractivity contribution in [1.29, 1.82) is 0 Å². The highest BCUT2D eigenvalue weighted by Crippen LogP contribution is 2.23. The van der Waals surface area contributed by atoms with Gasteiger partial charge in [0.25, 0.3) is 0 Å². The SMILES string of the molecule is COc1ccc(-n2ccc3c2CCOC3)cc1. The van der Waals surface area contributed by atoms with Gasteiger partial charge in [-0.1, -0.05) is 0 Å². The summed E-state index contributed by atoms with van der Waals surface area (Å²) in [5, 5.41) is 0. The molecule has 1 aliphatic rings. The maximum Gasteiger partial charge on any atom is 0.119 e. The lowest BCUT2D eigenvalue weighted by Gasteiger charge is -2.16. The lowest BCUT2D eigenvalue weighted by molar-refractivity contribution is 0.109. The second-order valence-corrected chi connectivity index (χ2v) is 4.16. The van der Waals surface area contributed by atoms with Crippen molar-refractivity contribution in [2.45, 2.75) is 13.0 Å². The van der Waals surface area contributed by atoms with Gasteiger partial charge in [0.2, 0.25) is 0 Å². The number of hydrogen-bond acceptors (Lipinski definition) is 2. The minimum absolute atomic E-state index is 0.735. The normalized spacial score (nSPS) is 14.4. The van der Waals surface area contributed by atoms with Gasteiger partial charge in [0.05, 0.1) is 20.3 Å². The van der Waals surface area contributed by atoms with E-state index in [9.17, 15) is 0 Å². The molecule has 88 valence electrons. The smallest absolute Gasteiger partial charge is 0.119 e. The second kappa shape index (κ2) is 4.26. The molecule has 0 aliphatic carbocycles. The summed E-state index contributed by atoms with van der Waals surface area (Å²) < 4.78 is 12.9. The van der Waals surface area contributed by atoms with Crippen LogP contribution in [0.5, 0.6) is 5.75 Å². The highest BCUT2D eigenvalue weighted by Gasteiger charge is 2.14. The fourth-order valence-electron chi connectivity index (χ4n) is 2.25. The van der Waals surface area contributed by atoms with Gasteiger partial charge in [0, 0.05) is 24.0 Å². The number of fused-ring (bicyclic) bond motifs is 1. The third-order valence-corrected chi connectivity index (χ3v) is 3.18. The molecule has 2 heterocycles. The molecule has 0 atom stereocenters. The summed E-state index contributed by atoms with van der Waals surface area (Å²) in [5.74, 6) is 0.887. The summed E-state index contributed by atoms with van der Waals surface area (Å²) >= 11 is 0. The van der Waals surface area contributed by atoms with E-state index in [4.69, 9.17) is 9.47 Å². The number of aromatic nitrogens is 1. The van der Waals surface area contributed by atoms with Gasteiger partial charge in [-0.2, -0.15) is 0 Å². The molecule has 3 rings (SSSR count). The Morgan fingerprint density at radius 2 is 2.00 bits per heavy atom. The Bertz CT molecular complexity index is 514. The Morgan fingerprint density at radius 1 is 1.18 bits per heavy atom. The molecule has 3 heteroatoms. The van der Waals surface area contributed by atoms with Crippen molar-refractivity contribution in [3.05, 3.63) is 47.8 Å². The van der Waals surface area contributed by atoms with E-state index in [0.717, 1.165) is 25.4 Å². The van der Waals surface area contributed by atoms with Gasteiger partial charge in [-0.3, -0.25) is 0 Å². The van der Waals surface area contributed by atoms with Gasteiger partial charge in [0.15, 0.2) is 0 Å². The minimum atomic E-state index is 0.735. The first-order valence-electron chi connectivity index (χ1n) is 5.80. The average Bonchev–Trinajstić information content (AvgIpc) is 2.83. The zero-order valence-corrected chi connectivity index (χ0v) is 9.85. The van der Waals surface area contributed by atoms with Crippen molar-refractivity contribution in [3.8, 4) is 11.4 Å². The molecule has 0 unspecified atom stereocenters. The third-order valence-electron chi connectivity index (χ3n) is 3.18. The quantitative estimate of drug-likeness (QED) is 0.790. The summed E-state index contributed by atoms with van der Waals surface area (Å²) in [6, 6.07) is 10.3. The van der Waals surface area contributed by atoms with Crippen LogP contribution in [0.4, 0.5) is 0 Å². The number of methoxy groups -OCH3 is 1. The van der Waals surface area contributed by atoms with Gasteiger partial charge in [-0.15, -0.1) is 0 Å². The van der Waals surface area contributed by atoms with E-state index in [0.29, 0.717) is 0 Å². The molecule has 17 heavy (non-hydrogen) atoms. The van der Waals surface area contributed by atoms with E-state index in [1.165, 1.54) is 16.9 Å². The Morgan fingerprint density at radius 3 is 2.76 bits per heavy atom. The maximum atomic E-state index is 5.45. The largest absolute Gasteiger partial charge is 0.497 e. The standard InChI is InChI=1S/C14H15NO2/c1-16-13-4-2-12(3-5-13)15-8-6-11-10-17-9-7-14(11)15/h2-6,8H,7,9-10H2,1H3. The van der Waals surface area contributed by atoms with E-state index in [2.05, 4.69) is 29.0 Å². The number of benzene rings is 1. The van der Waals surface area contributed by atoms with Crippen LogP contribution >= 0.6 is 0 Å². The van der Waals surface area contributed by atoms with Gasteiger partial charge in [-0.25, -0.2) is 0 Å². The molecule has 1 aromatic heterocycles. The van der Waals surface area contributed by atoms with Crippen LogP contribution in [-0.2, 0) is 17.8 Å². The van der Waals surface area contributed by atoms with Crippen LogP contribution in [0.15, 0.2) is 36.5 Å². The van der Waals surface area contributed by atoms with Crippen molar-refractivity contribution >= 4 is 0 Å². The van der Waals surface area contributed by atoms with Crippen molar-refractivity contribution in [3.63, 3.8) is 0 Å². The predicted molar refractivity (Wildman–Crippen MR) is 65.7 cm³/mol. The summed E-state index contributed by atoms with van der Waals surface area (Å²) in [6.45, 7) is 1.55. The monoisotopic (exact) mass is 229 g/mol. The molecule has 0 saturated heterocycles. The van der Waals surface area contributed by atoms with Crippen LogP contribution in [0.1, 0.15) is 11.3 Å². The average molecular weight is 229 g/mol. The van der Waals surface area contributed by atoms with Crippen molar-refractivity contribution < 1.29 is 9.47 Å². The van der Waals surface area contributed by atoms with Crippen LogP contribution in [0.3, 0.4) is 0 Å². The highest BCUT2D eigenvalue weighted by molar-refractivity contribution is 5.41. The zero-order chi connectivity index (χ0) is 11.7. The summed E-state index contributed by atoms with van der Waals surface area (Å²) in [6.07, 6.45) is 3.09. The Hall–Kier alpha value is -1.74. The van der Waals surface area contributed by atoms with E-state index in [1.54, 1.807) is 7.11 Å². The number of rotatable bonds is 2. The van der Waals surface area contributed by atoms with E-state index >= 15 is 0 Å². The fourth-order valence-corrected chi connectivity index (χ4v) is 2.25. The third kappa shape index (κ3) is 1.83. The molecule has 0 amide bonds. The summed E-state index contributed by atoms with van der Waals surface area (Å²) in [4.78, 5) is 0. The molecular formula is C14H15NO2. The number of hydrogen-bond donors (Lipinski definition) is 0. The molecule has 3 nitrogen and oxygen atoms in total. The van der Waals surface area contributed by atoms with Crippen molar-refractivity contribution in [1.82, 2.24) is 4.57 Å². The first kappa shape index (κ1) is 10.4. The Kier molecular flexibility index (Phi) is 2.61. The van der Waals surface area contributed by atoms with E-state index < -0.39 is 0 Å². The van der Waals surface area contributed by atoms with E-state index in [-0.39, 0.29) is 0 Å². The molecule has 0 bridgehead atoms. The topological polar surface area (TPSA) is 23.4 Å². The van der Waals surface area contributed by atoms with Crippen molar-refractivity contribution in [2.24, 2.45) is 0 Å². The molecule has 0 fully saturated rings. The lowest BCUT2D eigenvalue weighted by Crippen LogP contribution is -2.12. The van der Waals surface area contributed by atoms with Crippen LogP contribution in [-0.4, -0.2) is 18.3 Å². The lowest BCUT2D eigenvalue weighted by atomic mass is 10.1. The van der Waals surface area contributed by atoms with Crippen LogP contribution in [0, 0.1) is 0 Å². The predicted octanol–water partition coefficient (Wildman–Crippen LogP) is 2.56. The van der Waals surface area contributed by atoms with Gasteiger partial charge >= 0.3 is 0 Å². The molecular weight excluding hydrogens is 214 g/mol. The number of ether oxygens (including phenoxy) is 2. The molecule has 1 aliphatic heterocycles. The first-order chi connectivity index (χ1) is 8.38. The van der Waals surface area contributed by atoms with Gasteiger partial charge in [0.1, 0.15) is 5.75 Å². The van der Waals surface area contributed by atoms with Crippen LogP contribution in [0.2, 0.25) is 0 Å². The fraction of sp³-hybridized carbons (Fsp3) is 0.286. The maximum absolute atomic E-state index is 5.45. The van der Waals surface area contributed by atoms with Crippen LogP contribution in [0.25, 0.3) is 5.69 Å². The summed E-state index contributed by atoms with van der Waals surface area (Å²) in [5.41, 5.74) is 3.84. The Labute approximate surface area is 101 Å². The zero-order valence-electron chi connectivity index (χ0n) is 9.85. The van der Waals surface area contributed by atoms with Crippen LogP contribution < -0.4 is 4.74 Å². The molecule has 0 radical (unpaired) electrons. The molecule has 0 N–H and O–H groups in total. The van der Waals surface area contributed by atoms with Gasteiger partial charge < -0.3 is 14.0 Å². The van der Waals surface area contributed by atoms with E-state index in [1.807, 2.05) is 12.1 Å². The van der Waals surface area contributed by atoms with Crippen molar-refractivity contribution in [2.75, 3.05) is 13.7 Å². The Balaban J connectivity index is 2.00. The molecule has 2 aromatic rings. The first-order valence-corrected chi connectivity index (χ1v) is 5.80. The molecule has 0 spiro atoms.